The quantitative estimate of drug-likeness (QED) is 0.0831. The molecule has 0 spiro atoms. The van der Waals surface area contributed by atoms with Gasteiger partial charge in [0.05, 0.1) is 41.3 Å². The number of primary amides is 2. The summed E-state index contributed by atoms with van der Waals surface area (Å²) >= 11 is 14.4. The van der Waals surface area contributed by atoms with Gasteiger partial charge in [-0.25, -0.2) is 9.69 Å². The van der Waals surface area contributed by atoms with Crippen LogP contribution in [0, 0.1) is 32.9 Å². The van der Waals surface area contributed by atoms with Gasteiger partial charge in [-0.1, -0.05) is 149 Å². The minimum atomic E-state index is -2.01. The molecule has 2 heterocycles. The number of nitrogens with two attached hydrogens (primary N) is 2. The topological polar surface area (TPSA) is 148 Å². The van der Waals surface area contributed by atoms with Gasteiger partial charge in [-0.3, -0.25) is 9.59 Å². The number of hydrogen-bond donors (Lipinski definition) is 2. The third kappa shape index (κ3) is 17.7. The molecule has 0 aliphatic carbocycles. The molecule has 1 aliphatic heterocycles. The Hall–Kier alpha value is -4.75. The van der Waals surface area contributed by atoms with Crippen molar-refractivity contribution in [2.24, 2.45) is 17.4 Å². The van der Waals surface area contributed by atoms with Gasteiger partial charge in [0.2, 0.25) is 23.2 Å². The van der Waals surface area contributed by atoms with Crippen molar-refractivity contribution in [3.63, 3.8) is 0 Å². The van der Waals surface area contributed by atoms with Crippen molar-refractivity contribution in [2.75, 3.05) is 13.2 Å². The number of nitrogens with zero attached hydrogens (tertiary/aromatic N) is 4. The maximum atomic E-state index is 12.1. The molecule has 388 valence electrons. The van der Waals surface area contributed by atoms with Gasteiger partial charge < -0.3 is 25.1 Å². The fourth-order valence-electron chi connectivity index (χ4n) is 7.10. The number of hydrogen-bond acceptors (Lipinski definition) is 8. The summed E-state index contributed by atoms with van der Waals surface area (Å²) in [7, 11) is -3.99. The fraction of sp³-hybridized carbons (Fsp3) is 0.464. The average molecular weight is 1070 g/mol. The lowest BCUT2D eigenvalue weighted by atomic mass is 9.91. The van der Waals surface area contributed by atoms with Crippen LogP contribution in [0.4, 0.5) is 11.4 Å². The minimum absolute atomic E-state index is 0.0302. The first kappa shape index (κ1) is 61.6. The van der Waals surface area contributed by atoms with Crippen molar-refractivity contribution in [2.45, 2.75) is 149 Å². The molecule has 1 fully saturated rings. The van der Waals surface area contributed by atoms with Gasteiger partial charge in [0, 0.05) is 30.3 Å². The first-order chi connectivity index (χ1) is 33.6. The summed E-state index contributed by atoms with van der Waals surface area (Å²) in [4.78, 5) is 29.4. The van der Waals surface area contributed by atoms with E-state index >= 15 is 0 Å². The normalized spacial score (nSPS) is 14.3. The molecule has 16 heteroatoms. The van der Waals surface area contributed by atoms with Crippen molar-refractivity contribution in [1.29, 1.82) is 0 Å². The van der Waals surface area contributed by atoms with Crippen molar-refractivity contribution in [3.8, 4) is 10.6 Å². The van der Waals surface area contributed by atoms with Crippen molar-refractivity contribution >= 4 is 74.4 Å². The summed E-state index contributed by atoms with van der Waals surface area (Å²) in [5.41, 5.74) is 17.0. The predicted molar refractivity (Wildman–Crippen MR) is 304 cm³/mol. The average Bonchev–Trinajstić information content (AvgIpc) is 4.07. The van der Waals surface area contributed by atoms with Gasteiger partial charge in [-0.15, -0.1) is 10.2 Å². The molecule has 72 heavy (non-hydrogen) atoms. The Balaban J connectivity index is 0.000000305. The molecule has 1 saturated heterocycles. The molecule has 11 nitrogen and oxygen atoms in total. The molecule has 6 rings (SSSR count). The number of ether oxygens (including phenoxy) is 1. The fourth-order valence-corrected chi connectivity index (χ4v) is 11.5. The van der Waals surface area contributed by atoms with Gasteiger partial charge in [0.15, 0.2) is 16.6 Å². The number of aromatic nitrogens is 2. The molecule has 4 N–H and O–H groups in total. The van der Waals surface area contributed by atoms with Crippen LogP contribution in [-0.2, 0) is 31.2 Å². The first-order valence-electron chi connectivity index (χ1n) is 24.3. The lowest BCUT2D eigenvalue weighted by Crippen LogP contribution is -2.47. The molecule has 4 atom stereocenters. The highest BCUT2D eigenvalue weighted by Crippen LogP contribution is 2.42. The van der Waals surface area contributed by atoms with E-state index in [4.69, 9.17) is 61.4 Å². The Bertz CT molecular complexity index is 2630. The zero-order valence-corrected chi connectivity index (χ0v) is 49.1. The summed E-state index contributed by atoms with van der Waals surface area (Å²) in [6.45, 7) is 46.5. The van der Waals surface area contributed by atoms with E-state index in [9.17, 15) is 9.59 Å². The summed E-state index contributed by atoms with van der Waals surface area (Å²) in [5, 5.41) is 12.1. The van der Waals surface area contributed by atoms with E-state index in [1.165, 1.54) is 12.8 Å². The summed E-state index contributed by atoms with van der Waals surface area (Å²) in [5.74, 6) is -1.17. The molecule has 0 unspecified atom stereocenters. The maximum absolute atomic E-state index is 12.1. The smallest absolute Gasteiger partial charge is 0.248 e. The van der Waals surface area contributed by atoms with Crippen LogP contribution >= 0.6 is 34.5 Å². The van der Waals surface area contributed by atoms with Crippen LogP contribution in [-0.4, -0.2) is 64.1 Å². The second kappa shape index (κ2) is 27.5. The molecule has 4 aromatic carbocycles. The number of halogens is 2. The highest BCUT2D eigenvalue weighted by atomic mass is 35.5. The number of rotatable bonds is 14. The van der Waals surface area contributed by atoms with E-state index in [1.807, 2.05) is 63.2 Å². The summed E-state index contributed by atoms with van der Waals surface area (Å²) in [6.07, 6.45) is 3.41. The highest BCUT2D eigenvalue weighted by molar-refractivity contribution is 7.14. The third-order valence-electron chi connectivity index (χ3n) is 13.8. The molecule has 2 amide bonds. The predicted octanol–water partition coefficient (Wildman–Crippen LogP) is 15.3. The van der Waals surface area contributed by atoms with Crippen LogP contribution < -0.4 is 11.5 Å². The Morgan fingerprint density at radius 3 is 1.54 bits per heavy atom. The Kier molecular flexibility index (Phi) is 23.5. The van der Waals surface area contributed by atoms with Gasteiger partial charge in [-0.2, -0.15) is 0 Å². The Labute approximate surface area is 446 Å². The van der Waals surface area contributed by atoms with E-state index in [0.717, 1.165) is 57.5 Å². The van der Waals surface area contributed by atoms with Crippen LogP contribution in [0.15, 0.2) is 84.9 Å². The molecule has 0 saturated carbocycles. The van der Waals surface area contributed by atoms with Gasteiger partial charge in [0.25, 0.3) is 0 Å². The second-order valence-electron chi connectivity index (χ2n) is 21.1. The van der Waals surface area contributed by atoms with Crippen molar-refractivity contribution in [1.82, 2.24) is 10.2 Å². The van der Waals surface area contributed by atoms with Gasteiger partial charge in [-0.05, 0) is 124 Å². The second-order valence-corrected chi connectivity index (χ2v) is 32.4. The molecular weight excluding hydrogens is 996 g/mol. The Morgan fingerprint density at radius 1 is 0.708 bits per heavy atom. The van der Waals surface area contributed by atoms with Crippen molar-refractivity contribution in [3.05, 3.63) is 151 Å². The summed E-state index contributed by atoms with van der Waals surface area (Å²) in [6, 6.07) is 26.3. The van der Waals surface area contributed by atoms with Crippen LogP contribution in [0.25, 0.3) is 20.3 Å². The van der Waals surface area contributed by atoms with E-state index in [-0.39, 0.29) is 40.0 Å². The number of amides is 2. The number of carbonyl (C=O) groups excluding carboxylic acids is 2. The van der Waals surface area contributed by atoms with Crippen LogP contribution in [0.2, 0.25) is 46.3 Å². The van der Waals surface area contributed by atoms with Crippen LogP contribution in [0.1, 0.15) is 112 Å². The van der Waals surface area contributed by atoms with E-state index < -0.39 is 22.6 Å². The molecule has 5 aromatic rings. The number of benzene rings is 4. The lowest BCUT2D eigenvalue weighted by molar-refractivity contribution is -0.124. The molecule has 1 aromatic heterocycles. The molecule has 0 bridgehead atoms. The third-order valence-corrected chi connectivity index (χ3v) is 25.0. The molecule has 1 aliphatic rings. The van der Waals surface area contributed by atoms with Crippen LogP contribution in [0.5, 0.6) is 0 Å². The van der Waals surface area contributed by atoms with E-state index in [1.54, 1.807) is 41.7 Å². The first-order valence-corrected chi connectivity index (χ1v) is 31.7. The minimum Gasteiger partial charge on any atom is -0.414 e. The monoisotopic (exact) mass is 1070 g/mol. The molecule has 0 radical (unpaired) electrons. The van der Waals surface area contributed by atoms with E-state index in [0.29, 0.717) is 33.4 Å². The van der Waals surface area contributed by atoms with Gasteiger partial charge >= 0.3 is 0 Å². The highest BCUT2D eigenvalue weighted by Gasteiger charge is 2.42. The van der Waals surface area contributed by atoms with Crippen LogP contribution in [0.3, 0.4) is 0 Å². The summed E-state index contributed by atoms with van der Waals surface area (Å²) < 4.78 is 18.1. The maximum Gasteiger partial charge on any atom is 0.248 e. The zero-order valence-electron chi connectivity index (χ0n) is 44.8. The Morgan fingerprint density at radius 2 is 1.15 bits per heavy atom. The zero-order chi connectivity index (χ0) is 54.2. The van der Waals surface area contributed by atoms with E-state index in [2.05, 4.69) is 107 Å². The largest absolute Gasteiger partial charge is 0.414 e. The van der Waals surface area contributed by atoms with Crippen molar-refractivity contribution < 1.29 is 23.2 Å². The molecular formula is C56H76Cl2N6O5SSi2. The number of carbonyl (C=O) groups is 2. The lowest BCUT2D eigenvalue weighted by Gasteiger charge is -2.40. The van der Waals surface area contributed by atoms with Gasteiger partial charge in [0.1, 0.15) is 10.0 Å². The standard InChI is InChI=1S/C26H32ClN3OSSi.C19H29ClN2O2Si.C7H7NO.C4H8O/c1-17-20(14-15-22(28-6)23(17)27)16-21(18(2)31-33(7,8)26(3,4)5)25-30-29-24(32-25)19-12-10-9-11-13-19;1-12-14(9-10-16(22-6)17(12)20)11-15(18(21)23)13(2)24-25(7,8)19(3,4)5;8-7(9)6-4-2-1-3-5-6;1-2-4-5-3-1/h9-15,18,21H,16H2,1-5,7-8H3;9-10,13,15H,11H2,1-5,7-8H3,(H2,21,23);1-5H,(H2,8,9);1-4H2/t18-,21+;13-,15+;;/m00../s1. The SMILES string of the molecule is C1CCOC1.NC(=O)c1ccccc1.[C-]#[N+]c1ccc(C[C@@H](C(N)=O)[C@H](C)O[Si](C)(C)C(C)(C)C)c(C)c1Cl.[C-]#[N+]c1ccc(C[C@@H](c2nnc(-c3ccccc3)s2)[C@H](C)O[Si](C)(C)C(C)(C)C)c(C)c1Cl.